The van der Waals surface area contributed by atoms with Gasteiger partial charge in [-0.15, -0.1) is 0 Å². The molecule has 3 aromatic rings. The predicted octanol–water partition coefficient (Wildman–Crippen LogP) is 10.2. The van der Waals surface area contributed by atoms with E-state index in [1.807, 2.05) is 19.1 Å². The molecule has 9 heteroatoms. The van der Waals surface area contributed by atoms with Gasteiger partial charge in [0.1, 0.15) is 0 Å². The average Bonchev–Trinajstić information content (AvgIpc) is 3.32. The highest BCUT2D eigenvalue weighted by atomic mass is 16.5. The Hall–Kier alpha value is -3.50. The second-order valence-electron chi connectivity index (χ2n) is 24.5. The molecular formula is C59H84N6O3. The number of piperazine rings is 1. The van der Waals surface area contributed by atoms with E-state index in [-0.39, 0.29) is 18.0 Å². The molecule has 10 fully saturated rings. The number of nitrogens with zero attached hydrogens (tertiary/aromatic N) is 4. The van der Waals surface area contributed by atoms with E-state index in [9.17, 15) is 9.59 Å². The summed E-state index contributed by atoms with van der Waals surface area (Å²) < 4.78 is 5.75. The Balaban J connectivity index is 0.721. The van der Waals surface area contributed by atoms with Crippen LogP contribution in [0.3, 0.4) is 0 Å². The van der Waals surface area contributed by atoms with Crippen LogP contribution in [0.4, 0.5) is 5.69 Å². The molecule has 2 aromatic carbocycles. The largest absolute Gasteiger partial charge is 0.381 e. The highest BCUT2D eigenvalue weighted by Crippen LogP contribution is 2.63. The Morgan fingerprint density at radius 1 is 0.721 bits per heavy atom. The van der Waals surface area contributed by atoms with Crippen LogP contribution in [0, 0.1) is 60.2 Å². The number of carbonyl (C=O) groups is 1. The van der Waals surface area contributed by atoms with E-state index in [0.29, 0.717) is 28.0 Å². The lowest BCUT2D eigenvalue weighted by Crippen LogP contribution is -2.50. The maximum Gasteiger partial charge on any atom is 0.253 e. The van der Waals surface area contributed by atoms with Gasteiger partial charge in [0.05, 0.1) is 0 Å². The number of aryl methyl sites for hydroxylation is 1. The lowest BCUT2D eigenvalue weighted by molar-refractivity contribution is -0.0686. The van der Waals surface area contributed by atoms with Crippen LogP contribution in [0.2, 0.25) is 0 Å². The van der Waals surface area contributed by atoms with Crippen molar-refractivity contribution in [3.8, 4) is 11.1 Å². The summed E-state index contributed by atoms with van der Waals surface area (Å²) in [6.45, 7) is 19.4. The molecule has 8 bridgehead atoms. The van der Waals surface area contributed by atoms with Crippen molar-refractivity contribution in [2.45, 2.75) is 143 Å². The Bertz CT molecular complexity index is 2170. The van der Waals surface area contributed by atoms with Gasteiger partial charge in [0.15, 0.2) is 0 Å². The smallest absolute Gasteiger partial charge is 0.253 e. The van der Waals surface area contributed by atoms with Crippen molar-refractivity contribution < 1.29 is 9.53 Å². The summed E-state index contributed by atoms with van der Waals surface area (Å²) in [4.78, 5) is 40.4. The Kier molecular flexibility index (Phi) is 13.7. The zero-order valence-electron chi connectivity index (χ0n) is 42.2. The molecule has 0 atom stereocenters. The van der Waals surface area contributed by atoms with E-state index in [0.717, 1.165) is 129 Å². The number of H-pyrrole nitrogens is 1. The first kappa shape index (κ1) is 46.9. The van der Waals surface area contributed by atoms with Crippen molar-refractivity contribution in [2.75, 3.05) is 77.0 Å². The molecule has 13 rings (SSSR count). The maximum absolute atomic E-state index is 14.0. The minimum absolute atomic E-state index is 0.160. The van der Waals surface area contributed by atoms with E-state index in [1.165, 1.54) is 44.6 Å². The number of aromatic amines is 1. The molecule has 68 heavy (non-hydrogen) atoms. The van der Waals surface area contributed by atoms with Crippen molar-refractivity contribution in [1.29, 1.82) is 0 Å². The van der Waals surface area contributed by atoms with Crippen LogP contribution in [-0.4, -0.2) is 104 Å². The molecule has 3 heterocycles. The second kappa shape index (κ2) is 20.0. The topological polar surface area (TPSA) is 84.2 Å². The highest BCUT2D eigenvalue weighted by molar-refractivity contribution is 5.99. The molecule has 10 aliphatic rings. The van der Waals surface area contributed by atoms with Gasteiger partial charge in [0.25, 0.3) is 11.5 Å². The second-order valence-corrected chi connectivity index (χ2v) is 24.5. The number of nitrogens with one attached hydrogen (secondary N) is 2. The summed E-state index contributed by atoms with van der Waals surface area (Å²) >= 11 is 0. The van der Waals surface area contributed by atoms with Crippen LogP contribution in [0.5, 0.6) is 0 Å². The first-order chi connectivity index (χ1) is 33.0. The highest BCUT2D eigenvalue weighted by Gasteiger charge is 2.52. The van der Waals surface area contributed by atoms with E-state index in [1.54, 1.807) is 83.1 Å². The summed E-state index contributed by atoms with van der Waals surface area (Å²) in [6, 6.07) is 17.5. The number of carbonyl (C=O) groups excluding carboxylic acids is 1. The molecule has 0 spiro atoms. The van der Waals surface area contributed by atoms with E-state index >= 15 is 0 Å². The number of rotatable bonds is 18. The first-order valence-electron chi connectivity index (χ1n) is 27.8. The third-order valence-corrected chi connectivity index (χ3v) is 19.6. The summed E-state index contributed by atoms with van der Waals surface area (Å²) in [7, 11) is 0. The van der Waals surface area contributed by atoms with Crippen LogP contribution < -0.4 is 15.8 Å². The summed E-state index contributed by atoms with van der Waals surface area (Å²) in [6.07, 6.45) is 23.5. The zero-order valence-corrected chi connectivity index (χ0v) is 42.2. The molecule has 1 amide bonds. The van der Waals surface area contributed by atoms with Crippen molar-refractivity contribution in [3.05, 3.63) is 86.8 Å². The number of pyridine rings is 1. The predicted molar refractivity (Wildman–Crippen MR) is 275 cm³/mol. The fraction of sp³-hybridized carbons (Fsp3) is 0.695. The Morgan fingerprint density at radius 3 is 1.82 bits per heavy atom. The number of benzene rings is 2. The van der Waals surface area contributed by atoms with Crippen LogP contribution in [-0.2, 0) is 17.8 Å². The van der Waals surface area contributed by atoms with E-state index in [2.05, 4.69) is 74.1 Å². The van der Waals surface area contributed by atoms with Gasteiger partial charge < -0.3 is 24.8 Å². The molecule has 1 aromatic heterocycles. The minimum Gasteiger partial charge on any atom is -0.381 e. The van der Waals surface area contributed by atoms with Crippen molar-refractivity contribution in [1.82, 2.24) is 25.0 Å². The summed E-state index contributed by atoms with van der Waals surface area (Å²) in [5.74, 6) is 6.15. The number of anilines is 1. The van der Waals surface area contributed by atoms with Crippen molar-refractivity contribution in [2.24, 2.45) is 46.3 Å². The van der Waals surface area contributed by atoms with Gasteiger partial charge in [0.2, 0.25) is 0 Å². The van der Waals surface area contributed by atoms with Crippen LogP contribution in [0.15, 0.2) is 53.3 Å². The van der Waals surface area contributed by atoms with Gasteiger partial charge in [-0.1, -0.05) is 30.3 Å². The van der Waals surface area contributed by atoms with Crippen LogP contribution >= 0.6 is 0 Å². The number of hydrogen-bond acceptors (Lipinski definition) is 7. The quantitative estimate of drug-likeness (QED) is 0.132. The Labute approximate surface area is 408 Å². The average molecular weight is 925 g/mol. The number of hydrogen-bond donors (Lipinski definition) is 2. The molecule has 2 N–H and O–H groups in total. The minimum atomic E-state index is -0.161. The standard InChI is InChI=1S/C59H84N6O3/c1-4-65(53-11-23-68-24-12-53)55-32-52(31-54(42(55)3)57(67)60-39-51-8-5-41(2)61-56(51)66)50-9-6-43(7-10-50)40-64-21-19-63(20-22-64)18-17-62(15-13-58-33-44-25-45(34-58)27-46(26-44)35-58)16-14-59-36-47-28-48(37-59)30-49(29-47)38-59/h5-10,31-32,44-49,53H,4,11-30,33-40H2,1-3H3,(H,60,67)(H,61,66). The monoisotopic (exact) mass is 925 g/mol. The molecule has 8 saturated carbocycles. The van der Waals surface area contributed by atoms with Crippen LogP contribution in [0.1, 0.15) is 142 Å². The van der Waals surface area contributed by atoms with Crippen LogP contribution in [0.25, 0.3) is 11.1 Å². The molecule has 2 saturated heterocycles. The maximum atomic E-state index is 14.0. The van der Waals surface area contributed by atoms with Gasteiger partial charge >= 0.3 is 0 Å². The normalized spacial score (nSPS) is 31.2. The summed E-state index contributed by atoms with van der Waals surface area (Å²) in [5, 5.41) is 3.08. The van der Waals surface area contributed by atoms with E-state index < -0.39 is 0 Å². The van der Waals surface area contributed by atoms with Crippen molar-refractivity contribution in [3.63, 3.8) is 0 Å². The molecular weight excluding hydrogens is 841 g/mol. The molecule has 0 unspecified atom stereocenters. The fourth-order valence-corrected chi connectivity index (χ4v) is 16.9. The third kappa shape index (κ3) is 10.3. The molecule has 368 valence electrons. The first-order valence-corrected chi connectivity index (χ1v) is 27.8. The number of aromatic nitrogens is 1. The van der Waals surface area contributed by atoms with Gasteiger partial charge in [-0.05, 0) is 223 Å². The summed E-state index contributed by atoms with van der Waals surface area (Å²) in [5.41, 5.74) is 8.76. The fourth-order valence-electron chi connectivity index (χ4n) is 16.9. The third-order valence-electron chi connectivity index (χ3n) is 19.6. The molecule has 9 nitrogen and oxygen atoms in total. The Morgan fingerprint density at radius 2 is 1.28 bits per heavy atom. The molecule has 0 radical (unpaired) electrons. The number of ether oxygens (including phenoxy) is 1. The van der Waals surface area contributed by atoms with Gasteiger partial charge in [-0.2, -0.15) is 0 Å². The van der Waals surface area contributed by atoms with Gasteiger partial charge in [-0.25, -0.2) is 0 Å². The van der Waals surface area contributed by atoms with E-state index in [4.69, 9.17) is 4.74 Å². The van der Waals surface area contributed by atoms with Crippen molar-refractivity contribution >= 4 is 11.6 Å². The molecule has 8 aliphatic carbocycles. The lowest BCUT2D eigenvalue weighted by Gasteiger charge is -2.58. The van der Waals surface area contributed by atoms with Gasteiger partial charge in [-0.3, -0.25) is 19.4 Å². The number of amides is 1. The van der Waals surface area contributed by atoms with Gasteiger partial charge in [0, 0.05) is 101 Å². The molecule has 2 aliphatic heterocycles. The lowest BCUT2D eigenvalue weighted by atomic mass is 9.48. The zero-order chi connectivity index (χ0) is 46.4. The SMILES string of the molecule is CCN(c1cc(-c2ccc(CN3CCN(CCN(CCC45CC6CC(CC(C6)C4)C5)CCC45CC6CC(CC(C6)C4)C5)CC3)cc2)cc(C(=O)NCc2ccc(C)[nH]c2=O)c1C)C1CCOCC1.